The molecule has 0 bridgehead atoms. The van der Waals surface area contributed by atoms with Crippen molar-refractivity contribution >= 4 is 23.7 Å². The number of carbonyl (C=O) groups is 2. The molecule has 0 aromatic carbocycles. The van der Waals surface area contributed by atoms with Crippen molar-refractivity contribution in [2.24, 2.45) is 0 Å². The van der Waals surface area contributed by atoms with E-state index in [4.69, 9.17) is 4.42 Å². The summed E-state index contributed by atoms with van der Waals surface area (Å²) in [5.41, 5.74) is -0.403. The van der Waals surface area contributed by atoms with E-state index in [1.165, 1.54) is 11.8 Å². The highest BCUT2D eigenvalue weighted by Crippen LogP contribution is 2.40. The Hall–Kier alpha value is -2.29. The number of nitrogens with one attached hydrogen (secondary N) is 2. The summed E-state index contributed by atoms with van der Waals surface area (Å²) in [6, 6.07) is 3.23. The van der Waals surface area contributed by atoms with Gasteiger partial charge in [-0.05, 0) is 45.7 Å². The lowest BCUT2D eigenvalue weighted by Crippen LogP contribution is -2.48. The van der Waals surface area contributed by atoms with Gasteiger partial charge in [0.1, 0.15) is 11.6 Å². The second kappa shape index (κ2) is 7.53. The Morgan fingerprint density at radius 1 is 1.35 bits per heavy atom. The van der Waals surface area contributed by atoms with Crippen molar-refractivity contribution in [2.45, 2.75) is 56.8 Å². The van der Waals surface area contributed by atoms with Crippen LogP contribution in [0.5, 0.6) is 0 Å². The molecule has 0 aliphatic heterocycles. The summed E-state index contributed by atoms with van der Waals surface area (Å²) in [5.74, 6) is 1.87. The summed E-state index contributed by atoms with van der Waals surface area (Å²) in [7, 11) is 0. The van der Waals surface area contributed by atoms with Gasteiger partial charge in [0.25, 0.3) is 0 Å². The molecule has 26 heavy (non-hydrogen) atoms. The maximum absolute atomic E-state index is 12.0. The fraction of sp³-hybridized carbons (Fsp3) is 0.529. The van der Waals surface area contributed by atoms with Crippen LogP contribution < -0.4 is 10.6 Å². The lowest BCUT2D eigenvalue weighted by Gasteiger charge is -2.20. The molecule has 1 aliphatic carbocycles. The van der Waals surface area contributed by atoms with E-state index in [0.717, 1.165) is 24.4 Å². The third-order valence-corrected chi connectivity index (χ3v) is 4.62. The molecule has 0 unspecified atom stereocenters. The van der Waals surface area contributed by atoms with Crippen molar-refractivity contribution in [3.8, 4) is 0 Å². The highest BCUT2D eigenvalue weighted by molar-refractivity contribution is 7.99. The minimum atomic E-state index is -0.501. The van der Waals surface area contributed by atoms with Gasteiger partial charge in [0.15, 0.2) is 5.16 Å². The second-order valence-electron chi connectivity index (χ2n) is 7.32. The lowest BCUT2D eigenvalue weighted by molar-refractivity contribution is -0.117. The van der Waals surface area contributed by atoms with Gasteiger partial charge in [-0.25, -0.2) is 4.79 Å². The largest absolute Gasteiger partial charge is 0.467 e. The van der Waals surface area contributed by atoms with Gasteiger partial charge in [-0.1, -0.05) is 11.8 Å². The molecular formula is C17H23N5O3S. The van der Waals surface area contributed by atoms with Gasteiger partial charge in [0.05, 0.1) is 18.6 Å². The average molecular weight is 377 g/mol. The lowest BCUT2D eigenvalue weighted by atomic mass is 10.1. The number of hydrogen-bond acceptors (Lipinski definition) is 6. The quantitative estimate of drug-likeness (QED) is 0.750. The number of rotatable bonds is 6. The van der Waals surface area contributed by atoms with Crippen molar-refractivity contribution < 1.29 is 14.0 Å². The van der Waals surface area contributed by atoms with Crippen molar-refractivity contribution in [1.82, 2.24) is 25.4 Å². The second-order valence-corrected chi connectivity index (χ2v) is 8.26. The monoisotopic (exact) mass is 377 g/mol. The Kier molecular flexibility index (Phi) is 5.36. The maximum Gasteiger partial charge on any atom is 0.321 e. The third kappa shape index (κ3) is 5.10. The number of thioether (sulfide) groups is 1. The number of amides is 3. The van der Waals surface area contributed by atoms with E-state index in [2.05, 4.69) is 20.8 Å². The molecule has 2 N–H and O–H groups in total. The predicted octanol–water partition coefficient (Wildman–Crippen LogP) is 2.51. The van der Waals surface area contributed by atoms with Crippen LogP contribution >= 0.6 is 11.8 Å². The Morgan fingerprint density at radius 3 is 2.73 bits per heavy atom. The first kappa shape index (κ1) is 18.5. The van der Waals surface area contributed by atoms with E-state index < -0.39 is 11.6 Å². The summed E-state index contributed by atoms with van der Waals surface area (Å²) in [6.45, 7) is 6.08. The zero-order valence-electron chi connectivity index (χ0n) is 15.1. The van der Waals surface area contributed by atoms with Crippen molar-refractivity contribution in [1.29, 1.82) is 0 Å². The first-order valence-electron chi connectivity index (χ1n) is 8.52. The number of imide groups is 1. The summed E-state index contributed by atoms with van der Waals surface area (Å²) < 4.78 is 7.41. The standard InChI is InChI=1S/C17H23N5O3S/c1-17(2,3)19-15(24)18-13(23)10-26-16-21-20-14(11-6-7-11)22(16)9-12-5-4-8-25-12/h4-5,8,11H,6-7,9-10H2,1-3H3,(H2,18,19,23,24). The Labute approximate surface area is 156 Å². The first-order valence-corrected chi connectivity index (χ1v) is 9.50. The van der Waals surface area contributed by atoms with Gasteiger partial charge in [-0.3, -0.25) is 14.7 Å². The van der Waals surface area contributed by atoms with E-state index in [1.54, 1.807) is 6.26 Å². The molecule has 8 nitrogen and oxygen atoms in total. The fourth-order valence-electron chi connectivity index (χ4n) is 2.42. The van der Waals surface area contributed by atoms with Crippen LogP contribution in [0.15, 0.2) is 28.0 Å². The van der Waals surface area contributed by atoms with Gasteiger partial charge >= 0.3 is 6.03 Å². The molecule has 2 aromatic rings. The topological polar surface area (TPSA) is 102 Å². The molecule has 1 aliphatic rings. The SMILES string of the molecule is CC(C)(C)NC(=O)NC(=O)CSc1nnc(C2CC2)n1Cc1ccco1. The Morgan fingerprint density at radius 2 is 2.12 bits per heavy atom. The summed E-state index contributed by atoms with van der Waals surface area (Å²) in [4.78, 5) is 23.8. The van der Waals surface area contributed by atoms with Crippen LogP contribution in [0.1, 0.15) is 51.1 Å². The van der Waals surface area contributed by atoms with Gasteiger partial charge in [0.2, 0.25) is 5.91 Å². The summed E-state index contributed by atoms with van der Waals surface area (Å²) in [6.07, 6.45) is 3.84. The normalized spacial score (nSPS) is 14.3. The first-order chi connectivity index (χ1) is 12.3. The molecule has 3 rings (SSSR count). The van der Waals surface area contributed by atoms with Crippen LogP contribution in [0, 0.1) is 0 Å². The van der Waals surface area contributed by atoms with Crippen LogP contribution in [-0.2, 0) is 11.3 Å². The molecule has 0 saturated heterocycles. The number of hydrogen-bond donors (Lipinski definition) is 2. The molecule has 1 fully saturated rings. The van der Waals surface area contributed by atoms with Crippen LogP contribution in [0.4, 0.5) is 4.79 Å². The van der Waals surface area contributed by atoms with E-state index in [9.17, 15) is 9.59 Å². The number of nitrogens with zero attached hydrogens (tertiary/aromatic N) is 3. The zero-order valence-corrected chi connectivity index (χ0v) is 15.9. The predicted molar refractivity (Wildman–Crippen MR) is 97.0 cm³/mol. The van der Waals surface area contributed by atoms with E-state index >= 15 is 0 Å². The molecule has 2 heterocycles. The zero-order chi connectivity index (χ0) is 18.7. The number of aromatic nitrogens is 3. The van der Waals surface area contributed by atoms with E-state index in [0.29, 0.717) is 17.6 Å². The van der Waals surface area contributed by atoms with Crippen molar-refractivity contribution in [2.75, 3.05) is 5.75 Å². The summed E-state index contributed by atoms with van der Waals surface area (Å²) in [5, 5.41) is 14.2. The van der Waals surface area contributed by atoms with Crippen LogP contribution in [-0.4, -0.2) is 38.0 Å². The van der Waals surface area contributed by atoms with Crippen molar-refractivity contribution in [3.63, 3.8) is 0 Å². The van der Waals surface area contributed by atoms with E-state index in [-0.39, 0.29) is 11.7 Å². The molecule has 3 amide bonds. The Balaban J connectivity index is 1.61. The number of carbonyl (C=O) groups excluding carboxylic acids is 2. The smallest absolute Gasteiger partial charge is 0.321 e. The van der Waals surface area contributed by atoms with Gasteiger partial charge in [-0.15, -0.1) is 10.2 Å². The molecule has 0 atom stereocenters. The fourth-order valence-corrected chi connectivity index (χ4v) is 3.17. The Bertz CT molecular complexity index is 775. The highest BCUT2D eigenvalue weighted by Gasteiger charge is 2.31. The summed E-state index contributed by atoms with van der Waals surface area (Å²) >= 11 is 1.26. The number of urea groups is 1. The molecule has 0 spiro atoms. The van der Waals surface area contributed by atoms with Crippen LogP contribution in [0.3, 0.4) is 0 Å². The molecule has 0 radical (unpaired) electrons. The number of furan rings is 1. The van der Waals surface area contributed by atoms with E-state index in [1.807, 2.05) is 37.5 Å². The highest BCUT2D eigenvalue weighted by atomic mass is 32.2. The van der Waals surface area contributed by atoms with Gasteiger partial charge < -0.3 is 9.73 Å². The molecule has 1 saturated carbocycles. The molecule has 140 valence electrons. The van der Waals surface area contributed by atoms with Gasteiger partial charge in [-0.2, -0.15) is 0 Å². The maximum atomic E-state index is 12.0. The van der Waals surface area contributed by atoms with Crippen LogP contribution in [0.2, 0.25) is 0 Å². The minimum absolute atomic E-state index is 0.0819. The molecule has 2 aromatic heterocycles. The molecule has 9 heteroatoms. The third-order valence-electron chi connectivity index (χ3n) is 3.66. The van der Waals surface area contributed by atoms with Gasteiger partial charge in [0, 0.05) is 11.5 Å². The average Bonchev–Trinajstić information content (AvgIpc) is 3.09. The van der Waals surface area contributed by atoms with Crippen LogP contribution in [0.25, 0.3) is 0 Å². The van der Waals surface area contributed by atoms with Crippen molar-refractivity contribution in [3.05, 3.63) is 30.0 Å². The minimum Gasteiger partial charge on any atom is -0.467 e. The molecular weight excluding hydrogens is 354 g/mol.